The SMILES string of the molecule is Nc1cc(OC(F)(F)F)ccc1C(=O)N1CCC(c2ccnc3[nH]c(CC4CCOC4)nc23)CC1. The number of aromatic nitrogens is 3. The fourth-order valence-electron chi connectivity index (χ4n) is 4.92. The number of ether oxygens (including phenoxy) is 2. The van der Waals surface area contributed by atoms with Crippen LogP contribution in [0.2, 0.25) is 0 Å². The molecule has 3 N–H and O–H groups in total. The number of piperidine rings is 1. The summed E-state index contributed by atoms with van der Waals surface area (Å²) in [6.45, 7) is 2.56. The first-order chi connectivity index (χ1) is 16.8. The number of amides is 1. The van der Waals surface area contributed by atoms with Gasteiger partial charge in [0.05, 0.1) is 5.56 Å². The lowest BCUT2D eigenvalue weighted by atomic mass is 9.89. The molecule has 2 aliphatic heterocycles. The molecule has 8 nitrogen and oxygen atoms in total. The van der Waals surface area contributed by atoms with Crippen molar-refractivity contribution in [2.45, 2.75) is 38.0 Å². The number of nitrogens with zero attached hydrogens (tertiary/aromatic N) is 3. The third-order valence-electron chi connectivity index (χ3n) is 6.68. The van der Waals surface area contributed by atoms with Crippen molar-refractivity contribution in [3.05, 3.63) is 47.4 Å². The van der Waals surface area contributed by atoms with Crippen LogP contribution in [0.5, 0.6) is 5.75 Å². The Bertz CT molecular complexity index is 1210. The van der Waals surface area contributed by atoms with Gasteiger partial charge in [0.25, 0.3) is 5.91 Å². The maximum Gasteiger partial charge on any atom is 0.573 e. The van der Waals surface area contributed by atoms with E-state index in [-0.39, 0.29) is 23.1 Å². The zero-order valence-corrected chi connectivity index (χ0v) is 19.0. The highest BCUT2D eigenvalue weighted by molar-refractivity contribution is 5.99. The van der Waals surface area contributed by atoms with E-state index in [1.54, 1.807) is 11.1 Å². The average molecular weight is 489 g/mol. The van der Waals surface area contributed by atoms with Crippen molar-refractivity contribution in [3.63, 3.8) is 0 Å². The highest BCUT2D eigenvalue weighted by atomic mass is 19.4. The fraction of sp³-hybridized carbons (Fsp3) is 0.458. The summed E-state index contributed by atoms with van der Waals surface area (Å²) in [7, 11) is 0. The van der Waals surface area contributed by atoms with Crippen LogP contribution in [-0.2, 0) is 11.2 Å². The number of H-pyrrole nitrogens is 1. The van der Waals surface area contributed by atoms with E-state index in [4.69, 9.17) is 15.5 Å². The highest BCUT2D eigenvalue weighted by Gasteiger charge is 2.32. The molecule has 186 valence electrons. The molecular weight excluding hydrogens is 463 g/mol. The minimum atomic E-state index is -4.82. The summed E-state index contributed by atoms with van der Waals surface area (Å²) in [6.07, 6.45) is 0.292. The Balaban J connectivity index is 1.25. The van der Waals surface area contributed by atoms with Gasteiger partial charge in [-0.15, -0.1) is 13.2 Å². The maximum atomic E-state index is 13.0. The van der Waals surface area contributed by atoms with Gasteiger partial charge in [0.2, 0.25) is 0 Å². The summed E-state index contributed by atoms with van der Waals surface area (Å²) in [5.41, 5.74) is 8.73. The molecule has 0 radical (unpaired) electrons. The Morgan fingerprint density at radius 2 is 2.03 bits per heavy atom. The van der Waals surface area contributed by atoms with Crippen LogP contribution in [0.1, 0.15) is 46.9 Å². The van der Waals surface area contributed by atoms with E-state index in [9.17, 15) is 18.0 Å². The van der Waals surface area contributed by atoms with E-state index in [0.717, 1.165) is 73.6 Å². The molecule has 2 saturated heterocycles. The van der Waals surface area contributed by atoms with Crippen LogP contribution in [0.4, 0.5) is 18.9 Å². The van der Waals surface area contributed by atoms with Crippen molar-refractivity contribution >= 4 is 22.8 Å². The lowest BCUT2D eigenvalue weighted by molar-refractivity contribution is -0.274. The molecule has 3 aromatic rings. The lowest BCUT2D eigenvalue weighted by Gasteiger charge is -2.32. The Kier molecular flexibility index (Phi) is 6.26. The van der Waals surface area contributed by atoms with Crippen LogP contribution in [0, 0.1) is 5.92 Å². The number of nitrogen functional groups attached to an aromatic ring is 1. The molecule has 1 unspecified atom stereocenters. The van der Waals surface area contributed by atoms with Gasteiger partial charge in [-0.25, -0.2) is 9.97 Å². The third-order valence-corrected chi connectivity index (χ3v) is 6.68. The van der Waals surface area contributed by atoms with Gasteiger partial charge in [-0.1, -0.05) is 0 Å². The Morgan fingerprint density at radius 1 is 1.23 bits per heavy atom. The van der Waals surface area contributed by atoms with Crippen LogP contribution in [0.3, 0.4) is 0 Å². The number of aromatic amines is 1. The van der Waals surface area contributed by atoms with E-state index in [0.29, 0.717) is 19.0 Å². The van der Waals surface area contributed by atoms with Crippen molar-refractivity contribution in [3.8, 4) is 5.75 Å². The second kappa shape index (κ2) is 9.37. The number of carbonyl (C=O) groups is 1. The number of halogens is 3. The molecule has 2 fully saturated rings. The monoisotopic (exact) mass is 489 g/mol. The molecule has 2 aromatic heterocycles. The van der Waals surface area contributed by atoms with Gasteiger partial charge in [0, 0.05) is 50.7 Å². The second-order valence-electron chi connectivity index (χ2n) is 9.08. The molecule has 35 heavy (non-hydrogen) atoms. The molecule has 0 saturated carbocycles. The number of imidazole rings is 1. The number of hydrogen-bond donors (Lipinski definition) is 2. The summed E-state index contributed by atoms with van der Waals surface area (Å²) in [5.74, 6) is 0.840. The predicted molar refractivity (Wildman–Crippen MR) is 122 cm³/mol. The van der Waals surface area contributed by atoms with Crippen molar-refractivity contribution in [1.29, 1.82) is 0 Å². The number of nitrogens with one attached hydrogen (secondary N) is 1. The molecule has 11 heteroatoms. The van der Waals surface area contributed by atoms with E-state index in [1.807, 2.05) is 6.07 Å². The number of likely N-dealkylation sites (tertiary alicyclic amines) is 1. The first kappa shape index (κ1) is 23.4. The largest absolute Gasteiger partial charge is 0.573 e. The van der Waals surface area contributed by atoms with E-state index >= 15 is 0 Å². The molecule has 1 amide bonds. The quantitative estimate of drug-likeness (QED) is 0.524. The molecular formula is C24H26F3N5O3. The summed E-state index contributed by atoms with van der Waals surface area (Å²) >= 11 is 0. The zero-order valence-electron chi connectivity index (χ0n) is 19.0. The fourth-order valence-corrected chi connectivity index (χ4v) is 4.92. The number of rotatable bonds is 5. The predicted octanol–water partition coefficient (Wildman–Crippen LogP) is 4.04. The van der Waals surface area contributed by atoms with Crippen molar-refractivity contribution < 1.29 is 27.4 Å². The van der Waals surface area contributed by atoms with E-state index < -0.39 is 12.1 Å². The van der Waals surface area contributed by atoms with Gasteiger partial charge in [0.15, 0.2) is 5.65 Å². The van der Waals surface area contributed by atoms with Crippen LogP contribution in [0.25, 0.3) is 11.2 Å². The van der Waals surface area contributed by atoms with Gasteiger partial charge >= 0.3 is 6.36 Å². The second-order valence-corrected chi connectivity index (χ2v) is 9.08. The van der Waals surface area contributed by atoms with Crippen LogP contribution in [0.15, 0.2) is 30.5 Å². The van der Waals surface area contributed by atoms with Crippen LogP contribution >= 0.6 is 0 Å². The third kappa shape index (κ3) is 5.19. The molecule has 5 rings (SSSR count). The van der Waals surface area contributed by atoms with Gasteiger partial charge in [-0.3, -0.25) is 4.79 Å². The maximum absolute atomic E-state index is 13.0. The van der Waals surface area contributed by atoms with Crippen molar-refractivity contribution in [2.24, 2.45) is 5.92 Å². The van der Waals surface area contributed by atoms with Crippen molar-refractivity contribution in [1.82, 2.24) is 19.9 Å². The number of carbonyl (C=O) groups excluding carboxylic acids is 1. The van der Waals surface area contributed by atoms with Crippen LogP contribution in [-0.4, -0.2) is 58.4 Å². The van der Waals surface area contributed by atoms with E-state index in [2.05, 4.69) is 14.7 Å². The molecule has 1 aromatic carbocycles. The lowest BCUT2D eigenvalue weighted by Crippen LogP contribution is -2.38. The number of nitrogens with two attached hydrogens (primary N) is 1. The summed E-state index contributed by atoms with van der Waals surface area (Å²) in [4.78, 5) is 27.3. The number of pyridine rings is 1. The molecule has 4 heterocycles. The first-order valence-corrected chi connectivity index (χ1v) is 11.6. The number of anilines is 1. The Morgan fingerprint density at radius 3 is 2.71 bits per heavy atom. The van der Waals surface area contributed by atoms with Crippen LogP contribution < -0.4 is 10.5 Å². The number of hydrogen-bond acceptors (Lipinski definition) is 6. The standard InChI is InChI=1S/C24H26F3N5O3/c25-24(26,27)35-16-1-2-18(19(28)12-16)23(33)32-8-4-15(5-9-32)17-3-7-29-22-21(17)30-20(31-22)11-14-6-10-34-13-14/h1-3,7,12,14-15H,4-6,8-11,13,28H2,(H,29,30,31). The summed E-state index contributed by atoms with van der Waals surface area (Å²) in [6, 6.07) is 5.39. The number of benzene rings is 1. The number of alkyl halides is 3. The molecule has 0 spiro atoms. The van der Waals surface area contributed by atoms with Crippen molar-refractivity contribution in [2.75, 3.05) is 32.0 Å². The highest BCUT2D eigenvalue weighted by Crippen LogP contribution is 2.33. The smallest absolute Gasteiger partial charge is 0.406 e. The number of fused-ring (bicyclic) bond motifs is 1. The van der Waals surface area contributed by atoms with Gasteiger partial charge in [0.1, 0.15) is 17.1 Å². The molecule has 2 aliphatic rings. The first-order valence-electron chi connectivity index (χ1n) is 11.6. The normalized spacial score (nSPS) is 19.4. The zero-order chi connectivity index (χ0) is 24.6. The Hall–Kier alpha value is -3.34. The minimum Gasteiger partial charge on any atom is -0.406 e. The summed E-state index contributed by atoms with van der Waals surface area (Å²) < 4.78 is 46.6. The summed E-state index contributed by atoms with van der Waals surface area (Å²) in [5, 5.41) is 0. The minimum absolute atomic E-state index is 0.0496. The molecule has 0 bridgehead atoms. The van der Waals surface area contributed by atoms with Gasteiger partial charge < -0.3 is 25.1 Å². The molecule has 0 aliphatic carbocycles. The van der Waals surface area contributed by atoms with Gasteiger partial charge in [-0.05, 0) is 54.9 Å². The molecule has 1 atom stereocenters. The average Bonchev–Trinajstić information content (AvgIpc) is 3.47. The Labute approximate surface area is 199 Å². The van der Waals surface area contributed by atoms with E-state index in [1.165, 1.54) is 6.07 Å². The van der Waals surface area contributed by atoms with Gasteiger partial charge in [-0.2, -0.15) is 0 Å². The topological polar surface area (TPSA) is 106 Å².